The van der Waals surface area contributed by atoms with Crippen molar-refractivity contribution < 1.29 is 9.53 Å². The van der Waals surface area contributed by atoms with Gasteiger partial charge in [-0.25, -0.2) is 0 Å². The van der Waals surface area contributed by atoms with Crippen molar-refractivity contribution in [3.63, 3.8) is 0 Å². The van der Waals surface area contributed by atoms with Crippen LogP contribution in [0.2, 0.25) is 5.02 Å². The second-order valence-corrected chi connectivity index (χ2v) is 7.86. The van der Waals surface area contributed by atoms with Crippen molar-refractivity contribution in [3.05, 3.63) is 64.7 Å². The number of nitrogens with zero attached hydrogens (tertiary/aromatic N) is 1. The molecule has 1 aliphatic rings. The summed E-state index contributed by atoms with van der Waals surface area (Å²) in [7, 11) is 1.66. The minimum absolute atomic E-state index is 0.0443. The molecule has 0 saturated carbocycles. The predicted octanol–water partition coefficient (Wildman–Crippen LogP) is 4.83. The summed E-state index contributed by atoms with van der Waals surface area (Å²) in [6.07, 6.45) is 2.66. The largest absolute Gasteiger partial charge is 0.497 e. The third-order valence-corrected chi connectivity index (χ3v) is 5.73. The molecule has 1 atom stereocenters. The summed E-state index contributed by atoms with van der Waals surface area (Å²) in [6, 6.07) is 16.0. The quantitative estimate of drug-likeness (QED) is 0.723. The molecule has 1 N–H and O–H groups in total. The van der Waals surface area contributed by atoms with E-state index in [2.05, 4.69) is 23.2 Å². The lowest BCUT2D eigenvalue weighted by Gasteiger charge is -2.32. The van der Waals surface area contributed by atoms with E-state index in [1.807, 2.05) is 42.5 Å². The van der Waals surface area contributed by atoms with Gasteiger partial charge in [-0.05, 0) is 67.7 Å². The fraction of sp³-hybridized carbons (Fsp3) is 0.435. The summed E-state index contributed by atoms with van der Waals surface area (Å²) in [5, 5.41) is 4.02. The van der Waals surface area contributed by atoms with E-state index in [0.29, 0.717) is 0 Å². The number of piperidine rings is 1. The Morgan fingerprint density at radius 2 is 1.93 bits per heavy atom. The van der Waals surface area contributed by atoms with Crippen LogP contribution in [0.1, 0.15) is 43.4 Å². The molecule has 1 fully saturated rings. The lowest BCUT2D eigenvalue weighted by Crippen LogP contribution is -2.41. The Morgan fingerprint density at radius 1 is 1.21 bits per heavy atom. The first-order valence-corrected chi connectivity index (χ1v) is 10.4. The molecule has 0 aliphatic carbocycles. The topological polar surface area (TPSA) is 41.6 Å². The first kappa shape index (κ1) is 20.7. The Kier molecular flexibility index (Phi) is 7.35. The van der Waals surface area contributed by atoms with E-state index in [1.165, 1.54) is 5.56 Å². The average Bonchev–Trinajstić information content (AvgIpc) is 2.72. The molecule has 5 heteroatoms. The minimum Gasteiger partial charge on any atom is -0.497 e. The van der Waals surface area contributed by atoms with Crippen LogP contribution in [-0.2, 0) is 11.3 Å². The van der Waals surface area contributed by atoms with Gasteiger partial charge in [-0.3, -0.25) is 9.69 Å². The highest BCUT2D eigenvalue weighted by molar-refractivity contribution is 6.30. The zero-order valence-electron chi connectivity index (χ0n) is 16.7. The third-order valence-electron chi connectivity index (χ3n) is 5.50. The molecule has 4 nitrogen and oxygen atoms in total. The van der Waals surface area contributed by atoms with Crippen molar-refractivity contribution >= 4 is 17.5 Å². The van der Waals surface area contributed by atoms with Gasteiger partial charge in [0.25, 0.3) is 0 Å². The Bertz CT molecular complexity index is 770. The molecule has 0 aromatic heterocycles. The lowest BCUT2D eigenvalue weighted by molar-refractivity contribution is -0.127. The van der Waals surface area contributed by atoms with Gasteiger partial charge in [0, 0.05) is 17.5 Å². The van der Waals surface area contributed by atoms with E-state index >= 15 is 0 Å². The number of likely N-dealkylation sites (tertiary alicyclic amines) is 1. The summed E-state index contributed by atoms with van der Waals surface area (Å²) in [5.41, 5.74) is 2.34. The number of benzene rings is 2. The summed E-state index contributed by atoms with van der Waals surface area (Å²) in [6.45, 7) is 4.86. The zero-order chi connectivity index (χ0) is 19.9. The third kappa shape index (κ3) is 5.49. The van der Waals surface area contributed by atoms with Crippen molar-refractivity contribution in [1.82, 2.24) is 10.2 Å². The van der Waals surface area contributed by atoms with Crippen molar-refractivity contribution in [2.75, 3.05) is 20.2 Å². The summed E-state index contributed by atoms with van der Waals surface area (Å²) < 4.78 is 5.22. The minimum atomic E-state index is 0.0443. The molecule has 0 spiro atoms. The molecule has 2 aromatic rings. The first-order chi connectivity index (χ1) is 13.6. The van der Waals surface area contributed by atoms with Crippen molar-refractivity contribution in [3.8, 4) is 5.75 Å². The summed E-state index contributed by atoms with van der Waals surface area (Å²) in [5.74, 6) is 1.09. The van der Waals surface area contributed by atoms with Crippen LogP contribution in [0, 0.1) is 5.92 Å². The standard InChI is InChI=1S/C23H29ClN2O2/c1-3-22(18-7-9-21(28-2)10-8-18)25-23(27)19-11-13-26(14-12-19)16-17-5-4-6-20(24)15-17/h4-10,15,19,22H,3,11-14,16H2,1-2H3,(H,25,27). The van der Waals surface area contributed by atoms with E-state index in [0.717, 1.165) is 55.2 Å². The fourth-order valence-electron chi connectivity index (χ4n) is 3.79. The molecule has 2 aromatic carbocycles. The van der Waals surface area contributed by atoms with E-state index in [4.69, 9.17) is 16.3 Å². The van der Waals surface area contributed by atoms with Crippen LogP contribution in [0.15, 0.2) is 48.5 Å². The van der Waals surface area contributed by atoms with Gasteiger partial charge in [-0.1, -0.05) is 42.8 Å². The molecule has 1 aliphatic heterocycles. The van der Waals surface area contributed by atoms with Gasteiger partial charge in [0.15, 0.2) is 0 Å². The van der Waals surface area contributed by atoms with E-state index in [9.17, 15) is 4.79 Å². The number of carbonyl (C=O) groups is 1. The monoisotopic (exact) mass is 400 g/mol. The SMILES string of the molecule is CCC(NC(=O)C1CCN(Cc2cccc(Cl)c2)CC1)c1ccc(OC)cc1. The lowest BCUT2D eigenvalue weighted by atomic mass is 9.94. The van der Waals surface area contributed by atoms with Gasteiger partial charge in [0.1, 0.15) is 5.75 Å². The number of amides is 1. The van der Waals surface area contributed by atoms with Crippen LogP contribution in [0.25, 0.3) is 0 Å². The zero-order valence-corrected chi connectivity index (χ0v) is 17.4. The smallest absolute Gasteiger partial charge is 0.223 e. The Labute approximate surface area is 172 Å². The molecule has 3 rings (SSSR count). The predicted molar refractivity (Wildman–Crippen MR) is 114 cm³/mol. The normalized spacial score (nSPS) is 16.5. The van der Waals surface area contributed by atoms with Crippen LogP contribution in [0.4, 0.5) is 0 Å². The number of hydrogen-bond acceptors (Lipinski definition) is 3. The van der Waals surface area contributed by atoms with Crippen molar-refractivity contribution in [2.24, 2.45) is 5.92 Å². The molecule has 1 unspecified atom stereocenters. The Hall–Kier alpha value is -2.04. The molecule has 0 radical (unpaired) electrons. The van der Waals surface area contributed by atoms with Gasteiger partial charge in [0.05, 0.1) is 13.2 Å². The fourth-order valence-corrected chi connectivity index (χ4v) is 4.01. The Balaban J connectivity index is 1.51. The maximum Gasteiger partial charge on any atom is 0.223 e. The highest BCUT2D eigenvalue weighted by atomic mass is 35.5. The summed E-state index contributed by atoms with van der Waals surface area (Å²) >= 11 is 6.08. The van der Waals surface area contributed by atoms with Crippen LogP contribution in [0.5, 0.6) is 5.75 Å². The van der Waals surface area contributed by atoms with Crippen molar-refractivity contribution in [1.29, 1.82) is 0 Å². The Morgan fingerprint density at radius 3 is 2.54 bits per heavy atom. The number of hydrogen-bond donors (Lipinski definition) is 1. The molecule has 0 bridgehead atoms. The first-order valence-electron chi connectivity index (χ1n) is 10.00. The molecule has 1 saturated heterocycles. The molecule has 28 heavy (non-hydrogen) atoms. The molecular weight excluding hydrogens is 372 g/mol. The number of halogens is 1. The van der Waals surface area contributed by atoms with Crippen LogP contribution in [0.3, 0.4) is 0 Å². The number of carbonyl (C=O) groups excluding carboxylic acids is 1. The molecule has 150 valence electrons. The maximum absolute atomic E-state index is 12.8. The molecule has 1 heterocycles. The van der Waals surface area contributed by atoms with Crippen LogP contribution in [-0.4, -0.2) is 31.0 Å². The molecular formula is C23H29ClN2O2. The van der Waals surface area contributed by atoms with Gasteiger partial charge < -0.3 is 10.1 Å². The van der Waals surface area contributed by atoms with Crippen LogP contribution < -0.4 is 10.1 Å². The molecule has 1 amide bonds. The number of rotatable bonds is 7. The highest BCUT2D eigenvalue weighted by Crippen LogP contribution is 2.24. The van der Waals surface area contributed by atoms with E-state index in [-0.39, 0.29) is 17.9 Å². The highest BCUT2D eigenvalue weighted by Gasteiger charge is 2.26. The van der Waals surface area contributed by atoms with Crippen molar-refractivity contribution in [2.45, 2.75) is 38.8 Å². The van der Waals surface area contributed by atoms with E-state index < -0.39 is 0 Å². The van der Waals surface area contributed by atoms with Gasteiger partial charge >= 0.3 is 0 Å². The summed E-state index contributed by atoms with van der Waals surface area (Å²) in [4.78, 5) is 15.2. The van der Waals surface area contributed by atoms with E-state index in [1.54, 1.807) is 7.11 Å². The van der Waals surface area contributed by atoms with Gasteiger partial charge in [0.2, 0.25) is 5.91 Å². The second-order valence-electron chi connectivity index (χ2n) is 7.42. The van der Waals surface area contributed by atoms with Gasteiger partial charge in [-0.15, -0.1) is 0 Å². The van der Waals surface area contributed by atoms with Gasteiger partial charge in [-0.2, -0.15) is 0 Å². The number of nitrogens with one attached hydrogen (secondary N) is 1. The number of ether oxygens (including phenoxy) is 1. The van der Waals surface area contributed by atoms with Crippen LogP contribution >= 0.6 is 11.6 Å². The average molecular weight is 401 g/mol. The maximum atomic E-state index is 12.8. The number of methoxy groups -OCH3 is 1. The second kappa shape index (κ2) is 9.94.